The van der Waals surface area contributed by atoms with E-state index in [0.29, 0.717) is 18.2 Å². The predicted octanol–water partition coefficient (Wildman–Crippen LogP) is 5.45. The minimum atomic E-state index is -5.00. The number of anilines is 1. The van der Waals surface area contributed by atoms with Crippen LogP contribution in [0.25, 0.3) is 0 Å². The number of hydrogen-bond acceptors (Lipinski definition) is 6. The fourth-order valence-electron chi connectivity index (χ4n) is 3.84. The van der Waals surface area contributed by atoms with Gasteiger partial charge >= 0.3 is 12.1 Å². The third-order valence-electron chi connectivity index (χ3n) is 5.89. The Labute approximate surface area is 217 Å². The van der Waals surface area contributed by atoms with Gasteiger partial charge in [-0.3, -0.25) is 9.59 Å². The zero-order valence-electron chi connectivity index (χ0n) is 21.1. The normalized spacial score (nSPS) is 11.4. The van der Waals surface area contributed by atoms with Crippen LogP contribution < -0.4 is 10.1 Å². The average molecular weight is 529 g/mol. The molecule has 200 valence electrons. The van der Waals surface area contributed by atoms with Crippen LogP contribution in [0.5, 0.6) is 5.75 Å². The predicted molar refractivity (Wildman–Crippen MR) is 135 cm³/mol. The van der Waals surface area contributed by atoms with Crippen molar-refractivity contribution >= 4 is 23.2 Å². The number of benzene rings is 2. The molecule has 1 aromatic heterocycles. The lowest BCUT2D eigenvalue weighted by molar-refractivity contribution is -0.165. The van der Waals surface area contributed by atoms with Crippen molar-refractivity contribution in [2.45, 2.75) is 33.0 Å². The summed E-state index contributed by atoms with van der Waals surface area (Å²) in [7, 11) is 1.61. The van der Waals surface area contributed by atoms with Crippen LogP contribution in [0.1, 0.15) is 37.7 Å². The molecule has 0 radical (unpaired) electrons. The molecule has 0 saturated carbocycles. The van der Waals surface area contributed by atoms with E-state index in [1.54, 1.807) is 19.2 Å². The van der Waals surface area contributed by atoms with Gasteiger partial charge in [-0.05, 0) is 56.2 Å². The number of ether oxygens (including phenoxy) is 2. The number of carbonyl (C=O) groups is 3. The number of para-hydroxylation sites is 1. The minimum Gasteiger partial charge on any atom is -0.497 e. The van der Waals surface area contributed by atoms with Crippen LogP contribution in [0, 0.1) is 13.8 Å². The molecule has 0 amide bonds. The highest BCUT2D eigenvalue weighted by atomic mass is 19.4. The Morgan fingerprint density at radius 1 is 1.00 bits per heavy atom. The highest BCUT2D eigenvalue weighted by Gasteiger charge is 2.36. The van der Waals surface area contributed by atoms with Crippen molar-refractivity contribution in [2.75, 3.05) is 19.0 Å². The molecule has 3 rings (SSSR count). The second-order valence-corrected chi connectivity index (χ2v) is 8.42. The lowest BCUT2D eigenvalue weighted by Gasteiger charge is -2.11. The van der Waals surface area contributed by atoms with Crippen molar-refractivity contribution in [3.05, 3.63) is 95.0 Å². The van der Waals surface area contributed by atoms with Crippen LogP contribution >= 0.6 is 0 Å². The molecule has 0 bridgehead atoms. The number of Topliss-reactive ketones (excluding diaryl/α,β-unsaturated/α-hetero) is 1. The van der Waals surface area contributed by atoms with Gasteiger partial charge in [-0.15, -0.1) is 0 Å². The molecule has 10 heteroatoms. The topological polar surface area (TPSA) is 86.6 Å². The van der Waals surface area contributed by atoms with E-state index in [-0.39, 0.29) is 17.0 Å². The van der Waals surface area contributed by atoms with E-state index in [0.717, 1.165) is 35.3 Å². The number of halogens is 3. The number of hydrogen-bond donors (Lipinski definition) is 1. The Morgan fingerprint density at radius 3 is 2.34 bits per heavy atom. The largest absolute Gasteiger partial charge is 0.497 e. The smallest absolute Gasteiger partial charge is 0.454 e. The van der Waals surface area contributed by atoms with Gasteiger partial charge in [0.1, 0.15) is 5.75 Å². The number of methoxy groups -OCH3 is 1. The van der Waals surface area contributed by atoms with Crippen molar-refractivity contribution < 1.29 is 37.0 Å². The van der Waals surface area contributed by atoms with Crippen LogP contribution in [0.4, 0.5) is 18.9 Å². The first kappa shape index (κ1) is 28.2. The summed E-state index contributed by atoms with van der Waals surface area (Å²) < 4.78 is 49.5. The van der Waals surface area contributed by atoms with E-state index in [1.165, 1.54) is 18.2 Å². The van der Waals surface area contributed by atoms with Crippen molar-refractivity contribution in [1.82, 2.24) is 4.57 Å². The zero-order chi connectivity index (χ0) is 27.9. The molecule has 1 N–H and O–H groups in total. The number of nitrogens with zero attached hydrogens (tertiary/aromatic N) is 1. The van der Waals surface area contributed by atoms with Crippen LogP contribution in [0.3, 0.4) is 0 Å². The number of allylic oxidation sites excluding steroid dienone is 1. The molecule has 0 aliphatic rings. The van der Waals surface area contributed by atoms with E-state index in [9.17, 15) is 27.6 Å². The number of esters is 1. The molecule has 0 spiro atoms. The molecule has 0 atom stereocenters. The van der Waals surface area contributed by atoms with E-state index < -0.39 is 24.5 Å². The third kappa shape index (κ3) is 7.12. The molecule has 0 saturated heterocycles. The van der Waals surface area contributed by atoms with E-state index in [4.69, 9.17) is 9.47 Å². The number of alkyl halides is 3. The summed E-state index contributed by atoms with van der Waals surface area (Å²) in [4.78, 5) is 36.5. The van der Waals surface area contributed by atoms with Gasteiger partial charge < -0.3 is 19.4 Å². The van der Waals surface area contributed by atoms with Gasteiger partial charge in [0.25, 0.3) is 5.78 Å². The first-order chi connectivity index (χ1) is 18.0. The lowest BCUT2D eigenvalue weighted by Crippen LogP contribution is -2.20. The van der Waals surface area contributed by atoms with Gasteiger partial charge in [0.2, 0.25) is 5.78 Å². The summed E-state index contributed by atoms with van der Waals surface area (Å²) in [6, 6.07) is 15.4. The van der Waals surface area contributed by atoms with Crippen LogP contribution in [-0.4, -0.2) is 42.0 Å². The number of aromatic nitrogens is 1. The van der Waals surface area contributed by atoms with Crippen LogP contribution in [-0.2, 0) is 22.5 Å². The quantitative estimate of drug-likeness (QED) is 0.202. The Kier molecular flexibility index (Phi) is 9.11. The molecule has 1 heterocycles. The maximum absolute atomic E-state index is 12.9. The van der Waals surface area contributed by atoms with Gasteiger partial charge in [-0.2, -0.15) is 13.2 Å². The number of rotatable bonds is 11. The highest BCUT2D eigenvalue weighted by Crippen LogP contribution is 2.21. The Balaban J connectivity index is 1.62. The maximum Gasteiger partial charge on any atom is 0.454 e. The lowest BCUT2D eigenvalue weighted by atomic mass is 10.1. The number of aryl methyl sites for hydroxylation is 2. The van der Waals surface area contributed by atoms with E-state index in [1.807, 2.05) is 42.7 Å². The molecule has 7 nitrogen and oxygen atoms in total. The fraction of sp³-hybridized carbons (Fsp3) is 0.250. The molecule has 0 aliphatic heterocycles. The summed E-state index contributed by atoms with van der Waals surface area (Å²) in [6.07, 6.45) is -3.15. The van der Waals surface area contributed by atoms with Crippen molar-refractivity contribution in [3.63, 3.8) is 0 Å². The van der Waals surface area contributed by atoms with Gasteiger partial charge in [0, 0.05) is 35.8 Å². The van der Waals surface area contributed by atoms with Crippen molar-refractivity contribution in [3.8, 4) is 5.75 Å². The van der Waals surface area contributed by atoms with Crippen LogP contribution in [0.2, 0.25) is 0 Å². The molecule has 3 aromatic rings. The zero-order valence-corrected chi connectivity index (χ0v) is 21.1. The monoisotopic (exact) mass is 528 g/mol. The Bertz CT molecular complexity index is 1340. The minimum absolute atomic E-state index is 0.00521. The van der Waals surface area contributed by atoms with Gasteiger partial charge in [-0.25, -0.2) is 4.79 Å². The third-order valence-corrected chi connectivity index (χ3v) is 5.89. The fourth-order valence-corrected chi connectivity index (χ4v) is 3.84. The molecular formula is C28H27F3N2O5. The van der Waals surface area contributed by atoms with E-state index >= 15 is 0 Å². The molecule has 0 unspecified atom stereocenters. The standard InChI is InChI=1S/C28H27F3N2O5/c1-18-16-23(19(2)33(18)15-13-20-8-10-21(37-3)11-9-20)25(34)17-38-27(36)22-6-4-5-7-24(22)32-14-12-26(35)28(29,30)31/h4-12,14,16,32H,13,15,17H2,1-3H3/b14-12+. The summed E-state index contributed by atoms with van der Waals surface area (Å²) in [5.74, 6) is -2.50. The van der Waals surface area contributed by atoms with E-state index in [2.05, 4.69) is 5.32 Å². The second-order valence-electron chi connectivity index (χ2n) is 8.42. The Morgan fingerprint density at radius 2 is 1.68 bits per heavy atom. The number of ketones is 2. The molecule has 0 aliphatic carbocycles. The molecule has 0 fully saturated rings. The maximum atomic E-state index is 12.9. The van der Waals surface area contributed by atoms with Gasteiger partial charge in [-0.1, -0.05) is 24.3 Å². The molecule has 38 heavy (non-hydrogen) atoms. The summed E-state index contributed by atoms with van der Waals surface area (Å²) in [5.41, 5.74) is 3.30. The first-order valence-electron chi connectivity index (χ1n) is 11.6. The molecule has 2 aromatic carbocycles. The average Bonchev–Trinajstić information content (AvgIpc) is 3.18. The van der Waals surface area contributed by atoms with Gasteiger partial charge in [0.15, 0.2) is 6.61 Å². The summed E-state index contributed by atoms with van der Waals surface area (Å²) in [6.45, 7) is 3.85. The number of carbonyl (C=O) groups excluding carboxylic acids is 3. The second kappa shape index (κ2) is 12.3. The summed E-state index contributed by atoms with van der Waals surface area (Å²) in [5, 5.41) is 2.47. The SMILES string of the molecule is COc1ccc(CCn2c(C)cc(C(=O)COC(=O)c3ccccc3N/C=C/C(=O)C(F)(F)F)c2C)cc1. The van der Waals surface area contributed by atoms with Gasteiger partial charge in [0.05, 0.1) is 18.4 Å². The number of nitrogens with one attached hydrogen (secondary N) is 1. The summed E-state index contributed by atoms with van der Waals surface area (Å²) >= 11 is 0. The Hall–Kier alpha value is -4.34. The highest BCUT2D eigenvalue weighted by molar-refractivity contribution is 6.02. The van der Waals surface area contributed by atoms with Crippen LogP contribution in [0.15, 0.2) is 66.9 Å². The van der Waals surface area contributed by atoms with Crippen molar-refractivity contribution in [2.24, 2.45) is 0 Å². The van der Waals surface area contributed by atoms with Crippen molar-refractivity contribution in [1.29, 1.82) is 0 Å². The first-order valence-corrected chi connectivity index (χ1v) is 11.6. The molecular weight excluding hydrogens is 501 g/mol.